The lowest BCUT2D eigenvalue weighted by molar-refractivity contribution is 0.0998. The molecule has 29 heavy (non-hydrogen) atoms. The third-order valence-electron chi connectivity index (χ3n) is 3.77. The second kappa shape index (κ2) is 8.38. The van der Waals surface area contributed by atoms with E-state index in [4.69, 9.17) is 26.8 Å². The van der Waals surface area contributed by atoms with Gasteiger partial charge in [0.1, 0.15) is 17.2 Å². The van der Waals surface area contributed by atoms with Crippen LogP contribution in [0.4, 0.5) is 5.69 Å². The summed E-state index contributed by atoms with van der Waals surface area (Å²) in [5, 5.41) is 0.354. The molecule has 0 spiro atoms. The number of ether oxygens (including phenoxy) is 2. The fraction of sp³-hybridized carbons (Fsp3) is 0.0526. The van der Waals surface area contributed by atoms with Crippen molar-refractivity contribution in [3.63, 3.8) is 0 Å². The van der Waals surface area contributed by atoms with Crippen molar-refractivity contribution in [1.29, 1.82) is 0 Å². The van der Waals surface area contributed by atoms with E-state index in [0.717, 1.165) is 0 Å². The number of hydrogen-bond donors (Lipinski definition) is 2. The van der Waals surface area contributed by atoms with Crippen molar-refractivity contribution in [3.05, 3.63) is 71.5 Å². The van der Waals surface area contributed by atoms with Crippen LogP contribution < -0.4 is 19.9 Å². The van der Waals surface area contributed by atoms with Crippen LogP contribution in [-0.4, -0.2) is 26.4 Å². The molecule has 0 unspecified atom stereocenters. The maximum Gasteiger partial charge on any atom is 0.261 e. The number of hydrogen-bond acceptors (Lipinski definition) is 6. The normalized spacial score (nSPS) is 11.0. The lowest BCUT2D eigenvalue weighted by atomic mass is 10.1. The van der Waals surface area contributed by atoms with Gasteiger partial charge in [0.05, 0.1) is 28.8 Å². The Balaban J connectivity index is 1.88. The number of nitrogens with one attached hydrogen (secondary N) is 1. The molecule has 8 nitrogen and oxygen atoms in total. The molecule has 150 valence electrons. The number of carbonyl (C=O) groups is 1. The summed E-state index contributed by atoms with van der Waals surface area (Å²) in [6, 6.07) is 11.5. The minimum Gasteiger partial charge on any atom is -0.497 e. The molecule has 3 rings (SSSR count). The monoisotopic (exact) mass is 433 g/mol. The van der Waals surface area contributed by atoms with Crippen molar-refractivity contribution in [1.82, 2.24) is 4.98 Å². The number of pyridine rings is 1. The number of nitrogens with zero attached hydrogens (tertiary/aromatic N) is 1. The molecule has 0 aliphatic rings. The third kappa shape index (κ3) is 4.95. The van der Waals surface area contributed by atoms with Crippen molar-refractivity contribution in [2.75, 3.05) is 11.8 Å². The van der Waals surface area contributed by atoms with Crippen LogP contribution in [-0.2, 0) is 10.0 Å². The van der Waals surface area contributed by atoms with Gasteiger partial charge in [0.2, 0.25) is 0 Å². The Kier molecular flexibility index (Phi) is 5.90. The van der Waals surface area contributed by atoms with Crippen LogP contribution in [0.2, 0.25) is 5.02 Å². The highest BCUT2D eigenvalue weighted by molar-refractivity contribution is 7.92. The van der Waals surface area contributed by atoms with E-state index in [-0.39, 0.29) is 21.9 Å². The second-order valence-corrected chi connectivity index (χ2v) is 7.92. The number of primary amides is 1. The summed E-state index contributed by atoms with van der Waals surface area (Å²) in [6.07, 6.45) is 2.84. The van der Waals surface area contributed by atoms with E-state index < -0.39 is 15.9 Å². The number of methoxy groups -OCH3 is 1. The van der Waals surface area contributed by atoms with Crippen molar-refractivity contribution in [2.45, 2.75) is 4.90 Å². The Bertz CT molecular complexity index is 1150. The highest BCUT2D eigenvalue weighted by atomic mass is 35.5. The number of nitrogens with two attached hydrogens (primary N) is 1. The van der Waals surface area contributed by atoms with E-state index in [2.05, 4.69) is 9.71 Å². The average molecular weight is 434 g/mol. The smallest absolute Gasteiger partial charge is 0.261 e. The molecule has 0 saturated heterocycles. The molecule has 1 heterocycles. The summed E-state index contributed by atoms with van der Waals surface area (Å²) in [7, 11) is -2.40. The summed E-state index contributed by atoms with van der Waals surface area (Å²) in [5.74, 6) is 0.165. The molecule has 0 atom stereocenters. The van der Waals surface area contributed by atoms with Gasteiger partial charge in [-0.25, -0.2) is 8.42 Å². The van der Waals surface area contributed by atoms with E-state index in [1.165, 1.54) is 68.0 Å². The Morgan fingerprint density at radius 1 is 1.07 bits per heavy atom. The molecule has 0 aliphatic carbocycles. The zero-order valence-electron chi connectivity index (χ0n) is 15.1. The molecular weight excluding hydrogens is 418 g/mol. The number of aromatic nitrogens is 1. The summed E-state index contributed by atoms with van der Waals surface area (Å²) in [5.41, 5.74) is 5.55. The lowest BCUT2D eigenvalue weighted by Crippen LogP contribution is -2.16. The van der Waals surface area contributed by atoms with Gasteiger partial charge >= 0.3 is 0 Å². The van der Waals surface area contributed by atoms with Crippen LogP contribution in [0.1, 0.15) is 10.4 Å². The maximum atomic E-state index is 12.6. The highest BCUT2D eigenvalue weighted by Crippen LogP contribution is 2.29. The third-order valence-corrected chi connectivity index (χ3v) is 5.38. The molecule has 1 amide bonds. The first-order chi connectivity index (χ1) is 13.8. The summed E-state index contributed by atoms with van der Waals surface area (Å²) in [6.45, 7) is 0. The van der Waals surface area contributed by atoms with Gasteiger partial charge in [0.25, 0.3) is 15.9 Å². The standard InChI is InChI=1S/C19H16ClN3O5S/c1-27-14-3-5-16(6-4-14)29(25,26)23-13-2-7-18(17(9-13)19(21)24)28-15-8-12(20)10-22-11-15/h2-11,23H,1H3,(H2,21,24). The zero-order valence-corrected chi connectivity index (χ0v) is 16.7. The predicted octanol–water partition coefficient (Wildman–Crippen LogP) is 3.44. The topological polar surface area (TPSA) is 121 Å². The Labute approximate surface area is 172 Å². The number of rotatable bonds is 7. The van der Waals surface area contributed by atoms with Crippen LogP contribution in [0.25, 0.3) is 0 Å². The van der Waals surface area contributed by atoms with Gasteiger partial charge in [-0.3, -0.25) is 14.5 Å². The minimum absolute atomic E-state index is 0.0140. The minimum atomic E-state index is -3.88. The molecule has 0 radical (unpaired) electrons. The number of sulfonamides is 1. The van der Waals surface area contributed by atoms with Crippen molar-refractivity contribution in [2.24, 2.45) is 5.73 Å². The first kappa shape index (κ1) is 20.4. The first-order valence-corrected chi connectivity index (χ1v) is 10.0. The van der Waals surface area contributed by atoms with E-state index in [1.807, 2.05) is 0 Å². The maximum absolute atomic E-state index is 12.6. The van der Waals surface area contributed by atoms with Crippen LogP contribution in [0.3, 0.4) is 0 Å². The van der Waals surface area contributed by atoms with E-state index in [0.29, 0.717) is 16.5 Å². The Hall–Kier alpha value is -3.30. The Morgan fingerprint density at radius 3 is 2.41 bits per heavy atom. The van der Waals surface area contributed by atoms with E-state index in [1.54, 1.807) is 0 Å². The molecule has 1 aromatic heterocycles. The lowest BCUT2D eigenvalue weighted by Gasteiger charge is -2.13. The van der Waals surface area contributed by atoms with E-state index >= 15 is 0 Å². The van der Waals surface area contributed by atoms with Crippen LogP contribution in [0.5, 0.6) is 17.2 Å². The van der Waals surface area contributed by atoms with Gasteiger partial charge in [-0.2, -0.15) is 0 Å². The number of benzene rings is 2. The van der Waals surface area contributed by atoms with E-state index in [9.17, 15) is 13.2 Å². The highest BCUT2D eigenvalue weighted by Gasteiger charge is 2.17. The summed E-state index contributed by atoms with van der Waals surface area (Å²) in [4.78, 5) is 15.8. The molecule has 3 N–H and O–H groups in total. The van der Waals surface area contributed by atoms with Crippen LogP contribution in [0, 0.1) is 0 Å². The van der Waals surface area contributed by atoms with Crippen molar-refractivity contribution in [3.8, 4) is 17.2 Å². The fourth-order valence-electron chi connectivity index (χ4n) is 2.42. The summed E-state index contributed by atoms with van der Waals surface area (Å²) < 4.78 is 38.2. The number of carbonyl (C=O) groups excluding carboxylic acids is 1. The van der Waals surface area contributed by atoms with Gasteiger partial charge in [-0.15, -0.1) is 0 Å². The van der Waals surface area contributed by atoms with Crippen LogP contribution >= 0.6 is 11.6 Å². The number of amides is 1. The molecule has 0 fully saturated rings. The molecule has 0 saturated carbocycles. The van der Waals surface area contributed by atoms with Gasteiger partial charge in [-0.1, -0.05) is 11.6 Å². The number of anilines is 1. The van der Waals surface area contributed by atoms with Gasteiger partial charge in [0.15, 0.2) is 0 Å². The number of halogens is 1. The Morgan fingerprint density at radius 2 is 1.79 bits per heavy atom. The molecule has 0 aliphatic heterocycles. The molecule has 3 aromatic rings. The van der Waals surface area contributed by atoms with Crippen LogP contribution in [0.15, 0.2) is 65.8 Å². The van der Waals surface area contributed by atoms with Crippen molar-refractivity contribution < 1.29 is 22.7 Å². The zero-order chi connectivity index (χ0) is 21.0. The molecule has 2 aromatic carbocycles. The largest absolute Gasteiger partial charge is 0.497 e. The quantitative estimate of drug-likeness (QED) is 0.588. The first-order valence-electron chi connectivity index (χ1n) is 8.17. The van der Waals surface area contributed by atoms with Crippen molar-refractivity contribution >= 4 is 33.2 Å². The average Bonchev–Trinajstić information content (AvgIpc) is 2.69. The second-order valence-electron chi connectivity index (χ2n) is 5.80. The van der Waals surface area contributed by atoms with Gasteiger partial charge in [0, 0.05) is 18.0 Å². The van der Waals surface area contributed by atoms with Gasteiger partial charge in [-0.05, 0) is 42.5 Å². The molecule has 0 bridgehead atoms. The molecule has 10 heteroatoms. The SMILES string of the molecule is COc1ccc(S(=O)(=O)Nc2ccc(Oc3cncc(Cl)c3)c(C(N)=O)c2)cc1. The fourth-order valence-corrected chi connectivity index (χ4v) is 3.63. The predicted molar refractivity (Wildman–Crippen MR) is 108 cm³/mol. The van der Waals surface area contributed by atoms with Gasteiger partial charge < -0.3 is 15.2 Å². The molecular formula is C19H16ClN3O5S. The summed E-state index contributed by atoms with van der Waals surface area (Å²) >= 11 is 5.87.